The number of rotatable bonds is 4. The lowest BCUT2D eigenvalue weighted by atomic mass is 9.92. The van der Waals surface area contributed by atoms with Crippen molar-refractivity contribution in [3.8, 4) is 0 Å². The van der Waals surface area contributed by atoms with Crippen molar-refractivity contribution >= 4 is 17.6 Å². The lowest BCUT2D eigenvalue weighted by Gasteiger charge is -2.31. The van der Waals surface area contributed by atoms with Crippen molar-refractivity contribution in [2.75, 3.05) is 24.5 Å². The maximum absolute atomic E-state index is 13.5. The molecule has 6 nitrogen and oxygen atoms in total. The number of carbonyl (C=O) groups excluding carboxylic acids is 1. The zero-order valence-corrected chi connectivity index (χ0v) is 20.2. The van der Waals surface area contributed by atoms with Crippen LogP contribution >= 0.6 is 0 Å². The number of aromatic nitrogens is 1. The van der Waals surface area contributed by atoms with Gasteiger partial charge in [0.1, 0.15) is 0 Å². The van der Waals surface area contributed by atoms with Gasteiger partial charge in [0.15, 0.2) is 0 Å². The second kappa shape index (κ2) is 11.4. The third-order valence-corrected chi connectivity index (χ3v) is 6.22. The predicted octanol–water partition coefficient (Wildman–Crippen LogP) is 5.63. The van der Waals surface area contributed by atoms with Crippen LogP contribution in [-0.4, -0.2) is 46.5 Å². The molecule has 2 aromatic rings. The fraction of sp³-hybridized carbons (Fsp3) is 0.519. The second-order valence-electron chi connectivity index (χ2n) is 10.2. The summed E-state index contributed by atoms with van der Waals surface area (Å²) in [6.45, 7) is 9.90. The van der Waals surface area contributed by atoms with E-state index in [4.69, 9.17) is 0 Å². The minimum absolute atomic E-state index is 0.0694. The Morgan fingerprint density at radius 1 is 0.939 bits per heavy atom. The average Bonchev–Trinajstić information content (AvgIpc) is 2.78. The van der Waals surface area contributed by atoms with Gasteiger partial charge < -0.3 is 10.0 Å². The average molecular weight is 452 g/mol. The van der Waals surface area contributed by atoms with E-state index in [1.807, 2.05) is 11.0 Å². The third-order valence-electron chi connectivity index (χ3n) is 6.22. The van der Waals surface area contributed by atoms with Crippen molar-refractivity contribution in [1.29, 1.82) is 0 Å². The van der Waals surface area contributed by atoms with Crippen LogP contribution in [0.5, 0.6) is 0 Å². The third kappa shape index (κ3) is 7.39. The van der Waals surface area contributed by atoms with E-state index in [0.29, 0.717) is 18.7 Å². The number of benzene rings is 1. The number of carboxylic acid groups (broad SMARTS) is 1. The monoisotopic (exact) mass is 451 g/mol. The molecule has 0 unspecified atom stereocenters. The summed E-state index contributed by atoms with van der Waals surface area (Å²) >= 11 is 0. The van der Waals surface area contributed by atoms with Crippen LogP contribution in [0.2, 0.25) is 0 Å². The number of carboxylic acids is 1. The van der Waals surface area contributed by atoms with Crippen molar-refractivity contribution in [1.82, 2.24) is 9.88 Å². The number of pyridine rings is 1. The van der Waals surface area contributed by atoms with Gasteiger partial charge in [-0.15, -0.1) is 0 Å². The van der Waals surface area contributed by atoms with E-state index >= 15 is 0 Å². The molecule has 0 bridgehead atoms. The Morgan fingerprint density at radius 3 is 2.27 bits per heavy atom. The van der Waals surface area contributed by atoms with E-state index in [2.05, 4.69) is 30.7 Å². The number of hydrogen-bond donors (Lipinski definition) is 1. The van der Waals surface area contributed by atoms with Crippen LogP contribution in [0, 0.1) is 5.41 Å². The molecule has 0 saturated carbocycles. The number of aromatic carboxylic acids is 1. The Kier molecular flexibility index (Phi) is 8.61. The summed E-state index contributed by atoms with van der Waals surface area (Å²) in [4.78, 5) is 33.5. The van der Waals surface area contributed by atoms with E-state index in [-0.39, 0.29) is 16.9 Å². The molecule has 3 rings (SSSR count). The molecule has 1 amide bonds. The molecule has 1 N–H and O–H groups in total. The van der Waals surface area contributed by atoms with E-state index in [0.717, 1.165) is 56.4 Å². The Hall–Kier alpha value is -2.73. The Labute approximate surface area is 197 Å². The van der Waals surface area contributed by atoms with Gasteiger partial charge in [0.25, 0.3) is 5.91 Å². The molecular formula is C27H37N3O3. The lowest BCUT2D eigenvalue weighted by molar-refractivity contribution is 0.0696. The molecular weight excluding hydrogens is 414 g/mol. The van der Waals surface area contributed by atoms with Gasteiger partial charge in [0.2, 0.25) is 0 Å². The maximum Gasteiger partial charge on any atom is 0.335 e. The zero-order valence-electron chi connectivity index (χ0n) is 20.2. The number of anilines is 1. The van der Waals surface area contributed by atoms with Crippen molar-refractivity contribution in [2.45, 2.75) is 65.8 Å². The zero-order chi connectivity index (χ0) is 23.8. The van der Waals surface area contributed by atoms with Crippen LogP contribution in [0.4, 0.5) is 5.69 Å². The van der Waals surface area contributed by atoms with Gasteiger partial charge in [0, 0.05) is 36.7 Å². The molecule has 1 aliphatic heterocycles. The Morgan fingerprint density at radius 2 is 1.61 bits per heavy atom. The van der Waals surface area contributed by atoms with E-state index < -0.39 is 5.97 Å². The van der Waals surface area contributed by atoms with Crippen molar-refractivity contribution in [2.24, 2.45) is 5.41 Å². The summed E-state index contributed by atoms with van der Waals surface area (Å²) in [7, 11) is 0. The fourth-order valence-electron chi connectivity index (χ4n) is 4.23. The van der Waals surface area contributed by atoms with Gasteiger partial charge in [-0.2, -0.15) is 0 Å². The smallest absolute Gasteiger partial charge is 0.335 e. The highest BCUT2D eigenvalue weighted by Gasteiger charge is 2.23. The van der Waals surface area contributed by atoms with Crippen LogP contribution < -0.4 is 4.90 Å². The molecule has 0 atom stereocenters. The first kappa shape index (κ1) is 24.9. The van der Waals surface area contributed by atoms with Crippen LogP contribution in [0.3, 0.4) is 0 Å². The molecule has 1 aromatic carbocycles. The lowest BCUT2D eigenvalue weighted by Crippen LogP contribution is -2.35. The van der Waals surface area contributed by atoms with Gasteiger partial charge in [-0.3, -0.25) is 14.7 Å². The molecule has 0 spiro atoms. The molecule has 0 saturated heterocycles. The summed E-state index contributed by atoms with van der Waals surface area (Å²) < 4.78 is 0. The number of fused-ring (bicyclic) bond motifs is 1. The topological polar surface area (TPSA) is 73.7 Å². The highest BCUT2D eigenvalue weighted by molar-refractivity contribution is 6.06. The molecule has 2 heterocycles. The van der Waals surface area contributed by atoms with E-state index in [1.165, 1.54) is 6.42 Å². The minimum Gasteiger partial charge on any atom is -0.478 e. The Balaban J connectivity index is 2.01. The van der Waals surface area contributed by atoms with Crippen LogP contribution in [0.1, 0.15) is 85.6 Å². The van der Waals surface area contributed by atoms with Crippen molar-refractivity contribution in [3.63, 3.8) is 0 Å². The summed E-state index contributed by atoms with van der Waals surface area (Å²) in [6, 6.07) is 8.64. The van der Waals surface area contributed by atoms with Gasteiger partial charge in [0.05, 0.1) is 5.56 Å². The molecule has 1 aliphatic rings. The summed E-state index contributed by atoms with van der Waals surface area (Å²) in [5.74, 6) is -1.02. The van der Waals surface area contributed by atoms with Gasteiger partial charge in [-0.05, 0) is 73.7 Å². The molecule has 1 aromatic heterocycles. The highest BCUT2D eigenvalue weighted by Crippen LogP contribution is 2.28. The minimum atomic E-state index is -0.947. The maximum atomic E-state index is 13.5. The fourth-order valence-corrected chi connectivity index (χ4v) is 4.23. The number of nitrogens with zero attached hydrogens (tertiary/aromatic N) is 3. The van der Waals surface area contributed by atoms with Gasteiger partial charge in [-0.1, -0.05) is 40.0 Å². The second-order valence-corrected chi connectivity index (χ2v) is 10.2. The Bertz CT molecular complexity index is 937. The number of amides is 1. The quantitative estimate of drug-likeness (QED) is 0.652. The van der Waals surface area contributed by atoms with Gasteiger partial charge >= 0.3 is 5.97 Å². The van der Waals surface area contributed by atoms with Crippen LogP contribution in [-0.2, 0) is 6.54 Å². The number of carbonyl (C=O) groups is 2. The summed E-state index contributed by atoms with van der Waals surface area (Å²) in [5, 5.41) is 9.62. The van der Waals surface area contributed by atoms with Crippen LogP contribution in [0.25, 0.3) is 0 Å². The molecule has 6 heteroatoms. The van der Waals surface area contributed by atoms with E-state index in [1.54, 1.807) is 36.7 Å². The highest BCUT2D eigenvalue weighted by atomic mass is 16.4. The molecule has 0 radical (unpaired) electrons. The molecule has 0 fully saturated rings. The first-order chi connectivity index (χ1) is 15.7. The van der Waals surface area contributed by atoms with Crippen molar-refractivity contribution in [3.05, 3.63) is 59.4 Å². The van der Waals surface area contributed by atoms with Gasteiger partial charge in [-0.25, -0.2) is 4.79 Å². The van der Waals surface area contributed by atoms with Crippen molar-refractivity contribution < 1.29 is 14.7 Å². The predicted molar refractivity (Wildman–Crippen MR) is 132 cm³/mol. The number of hydrogen-bond acceptors (Lipinski definition) is 4. The van der Waals surface area contributed by atoms with E-state index in [9.17, 15) is 14.7 Å². The standard InChI is InChI=1S/C27H37N3O3/c1-27(2,3)13-18-29-16-7-5-4-6-8-17-30(25(31)21-11-14-28-15-12-21)24-10-9-22(26(32)33)19-23(24)20-29/h9-12,14-15,19H,4-8,13,16-18,20H2,1-3H3,(H,32,33). The normalized spacial score (nSPS) is 16.4. The summed E-state index contributed by atoms with van der Waals surface area (Å²) in [5.41, 5.74) is 2.77. The van der Waals surface area contributed by atoms with Crippen LogP contribution in [0.15, 0.2) is 42.7 Å². The molecule has 33 heavy (non-hydrogen) atoms. The first-order valence-electron chi connectivity index (χ1n) is 12.0. The summed E-state index contributed by atoms with van der Waals surface area (Å²) in [6.07, 6.45) is 9.79. The SMILES string of the molecule is CC(C)(C)CCN1CCCCCCCN(C(=O)c2ccncc2)c2ccc(C(=O)O)cc2C1. The molecule has 0 aliphatic carbocycles. The largest absolute Gasteiger partial charge is 0.478 e. The first-order valence-corrected chi connectivity index (χ1v) is 12.0. The molecule has 178 valence electrons.